The number of hydrogen-bond acceptors (Lipinski definition) is 17. The van der Waals surface area contributed by atoms with Crippen molar-refractivity contribution in [3.63, 3.8) is 0 Å². The molecule has 5 heterocycles. The molecule has 1 fully saturated rings. The summed E-state index contributed by atoms with van der Waals surface area (Å²) in [6.07, 6.45) is 1.15. The molecule has 0 radical (unpaired) electrons. The highest BCUT2D eigenvalue weighted by molar-refractivity contribution is 8.03. The number of carbonyl (C=O) groups is 5. The number of β-lactam (4-membered cyclic amide) rings is 1. The number of hydrogen-bond donors (Lipinski definition) is 3. The minimum Gasteiger partial charge on any atom is -0.448 e. The van der Waals surface area contributed by atoms with Crippen LogP contribution in [0.4, 0.5) is 9.93 Å². The molecule has 1 aromatic heterocycles. The fourth-order valence-corrected chi connectivity index (χ4v) is 14.5. The molecule has 3 N–H and O–H groups in total. The lowest BCUT2D eigenvalue weighted by atomic mass is 9.77. The maximum Gasteiger partial charge on any atom is 0.431 e. The maximum atomic E-state index is 15.3. The van der Waals surface area contributed by atoms with E-state index in [0.29, 0.717) is 38.4 Å². The molecule has 3 amide bonds. The number of thioether (sulfide) groups is 2. The number of anilines is 1. The number of ether oxygens (including phenoxy) is 2. The average Bonchev–Trinajstić information content (AvgIpc) is 0.918. The van der Waals surface area contributed by atoms with Gasteiger partial charge in [-0.2, -0.15) is 5.01 Å². The van der Waals surface area contributed by atoms with Gasteiger partial charge in [0.15, 0.2) is 28.9 Å². The summed E-state index contributed by atoms with van der Waals surface area (Å²) < 4.78 is 12.7. The summed E-state index contributed by atoms with van der Waals surface area (Å²) in [4.78, 5) is 89.5. The molecule has 0 spiro atoms. The van der Waals surface area contributed by atoms with Crippen LogP contribution >= 0.6 is 34.9 Å². The van der Waals surface area contributed by atoms with E-state index >= 15 is 14.4 Å². The summed E-state index contributed by atoms with van der Waals surface area (Å²) in [5.41, 5.74) is 9.01. The van der Waals surface area contributed by atoms with E-state index in [1.165, 1.54) is 44.8 Å². The molecule has 4 aliphatic rings. The Balaban J connectivity index is 0.791. The Morgan fingerprint density at radius 3 is 1.67 bits per heavy atom. The summed E-state index contributed by atoms with van der Waals surface area (Å²) in [5.74, 6) is -2.21. The Morgan fingerprint density at radius 1 is 0.663 bits per heavy atom. The zero-order chi connectivity index (χ0) is 63.0. The van der Waals surface area contributed by atoms with Gasteiger partial charge in [0, 0.05) is 22.6 Å². The first-order valence-electron chi connectivity index (χ1n) is 29.4. The summed E-state index contributed by atoms with van der Waals surface area (Å²) in [7, 11) is 0. The molecule has 4 aliphatic heterocycles. The highest BCUT2D eigenvalue weighted by atomic mass is 32.2. The highest BCUT2D eigenvalue weighted by Gasteiger charge is 2.55. The van der Waals surface area contributed by atoms with Crippen LogP contribution in [0, 0.1) is 0 Å². The second kappa shape index (κ2) is 27.2. The second-order valence-electron chi connectivity index (χ2n) is 21.5. The number of aromatic nitrogens is 1. The van der Waals surface area contributed by atoms with Gasteiger partial charge in [0.1, 0.15) is 28.3 Å². The lowest BCUT2D eigenvalue weighted by molar-refractivity contribution is -0.154. The van der Waals surface area contributed by atoms with Gasteiger partial charge < -0.3 is 24.9 Å². The third kappa shape index (κ3) is 12.6. The predicted octanol–water partition coefficient (Wildman–Crippen LogP) is 12.9. The van der Waals surface area contributed by atoms with Crippen LogP contribution in [0.1, 0.15) is 74.1 Å². The van der Waals surface area contributed by atoms with Gasteiger partial charge in [-0.05, 0) is 69.6 Å². The van der Waals surface area contributed by atoms with Gasteiger partial charge >= 0.3 is 18.0 Å². The van der Waals surface area contributed by atoms with Crippen molar-refractivity contribution in [3.05, 3.63) is 333 Å². The van der Waals surface area contributed by atoms with Gasteiger partial charge in [-0.1, -0.05) is 236 Å². The monoisotopic (exact) mass is 1270 g/mol. The quantitative estimate of drug-likeness (QED) is 0.0163. The number of benzene rings is 8. The highest BCUT2D eigenvalue weighted by Crippen LogP contribution is 2.45. The molecule has 0 aliphatic carbocycles. The number of allylic oxidation sites excluding steroid dienone is 1. The van der Waals surface area contributed by atoms with Crippen LogP contribution in [0.25, 0.3) is 0 Å². The number of nitrogens with zero attached hydrogens (tertiary/aromatic N) is 6. The van der Waals surface area contributed by atoms with E-state index < -0.39 is 59.0 Å². The van der Waals surface area contributed by atoms with E-state index in [1.807, 2.05) is 225 Å². The molecule has 456 valence electrons. The zero-order valence-corrected chi connectivity index (χ0v) is 51.7. The number of fused-ring (bicyclic) bond motifs is 2. The van der Waals surface area contributed by atoms with Crippen LogP contribution in [0.2, 0.25) is 0 Å². The number of nitrogens with one attached hydrogen (secondary N) is 3. The number of oxime groups is 1. The lowest BCUT2D eigenvalue weighted by Gasteiger charge is -2.49. The minimum absolute atomic E-state index is 0.0262. The molecular weight excluding hydrogens is 1220 g/mol. The molecule has 0 bridgehead atoms. The van der Waals surface area contributed by atoms with Crippen molar-refractivity contribution in [2.24, 2.45) is 10.1 Å². The van der Waals surface area contributed by atoms with Crippen LogP contribution in [0.5, 0.6) is 0 Å². The molecule has 0 unspecified atom stereocenters. The van der Waals surface area contributed by atoms with Gasteiger partial charge in [0.05, 0.1) is 16.8 Å². The third-order valence-corrected chi connectivity index (χ3v) is 18.8. The zero-order valence-electron chi connectivity index (χ0n) is 49.2. The maximum absolute atomic E-state index is 15.3. The van der Waals surface area contributed by atoms with Gasteiger partial charge in [-0.25, -0.2) is 29.4 Å². The van der Waals surface area contributed by atoms with Gasteiger partial charge in [0.2, 0.25) is 0 Å². The van der Waals surface area contributed by atoms with Crippen molar-refractivity contribution in [3.8, 4) is 0 Å². The molecular formula is C72H57N9O8S3. The Bertz CT molecular complexity index is 4160. The molecule has 17 nitrogen and oxygen atoms in total. The fraction of sp³-hybridized carbons (Fsp3) is 0.111. The van der Waals surface area contributed by atoms with Crippen LogP contribution < -0.4 is 16.2 Å². The number of esters is 1. The van der Waals surface area contributed by atoms with Crippen molar-refractivity contribution in [1.29, 1.82) is 0 Å². The fourth-order valence-electron chi connectivity index (χ4n) is 11.2. The first kappa shape index (κ1) is 60.3. The van der Waals surface area contributed by atoms with Crippen molar-refractivity contribution in [2.75, 3.05) is 16.8 Å². The third-order valence-electron chi connectivity index (χ3n) is 15.6. The predicted molar refractivity (Wildman–Crippen MR) is 356 cm³/mol. The summed E-state index contributed by atoms with van der Waals surface area (Å²) >= 11 is 3.93. The number of thiazole rings is 1. The number of rotatable bonds is 20. The minimum atomic E-state index is -1.19. The van der Waals surface area contributed by atoms with E-state index in [2.05, 4.69) is 21.3 Å². The van der Waals surface area contributed by atoms with E-state index in [0.717, 1.165) is 27.8 Å². The van der Waals surface area contributed by atoms with E-state index in [-0.39, 0.29) is 34.2 Å². The van der Waals surface area contributed by atoms with Gasteiger partial charge in [-0.15, -0.1) is 40.4 Å². The average molecular weight is 1270 g/mol. The molecule has 9 aromatic rings. The van der Waals surface area contributed by atoms with Crippen molar-refractivity contribution in [2.45, 2.75) is 36.1 Å². The number of aliphatic imine (C=N–C) groups is 1. The van der Waals surface area contributed by atoms with Crippen molar-refractivity contribution in [1.82, 2.24) is 30.8 Å². The normalized spacial score (nSPS) is 16.2. The Kier molecular flexibility index (Phi) is 17.8. The number of amides is 3. The van der Waals surface area contributed by atoms with Crippen LogP contribution in [0.15, 0.2) is 293 Å². The van der Waals surface area contributed by atoms with Crippen molar-refractivity contribution < 1.29 is 38.3 Å². The second-order valence-corrected chi connectivity index (χ2v) is 24.5. The molecule has 0 saturated carbocycles. The van der Waals surface area contributed by atoms with Gasteiger partial charge in [0.25, 0.3) is 11.8 Å². The molecule has 13 rings (SSSR count). The van der Waals surface area contributed by atoms with Gasteiger partial charge in [-0.3, -0.25) is 14.5 Å². The van der Waals surface area contributed by atoms with Crippen LogP contribution in [0.3, 0.4) is 0 Å². The summed E-state index contributed by atoms with van der Waals surface area (Å²) in [6, 6.07) is 74.6. The molecule has 2 atom stereocenters. The van der Waals surface area contributed by atoms with Crippen LogP contribution in [-0.2, 0) is 34.2 Å². The molecule has 92 heavy (non-hydrogen) atoms. The molecule has 8 aromatic carbocycles. The summed E-state index contributed by atoms with van der Waals surface area (Å²) in [6.45, 7) is 1.84. The number of carbonyl (C=O) groups excluding carboxylic acids is 5. The topological polar surface area (TPSA) is 196 Å². The van der Waals surface area contributed by atoms with E-state index in [4.69, 9.17) is 24.3 Å². The number of hydrazine groups is 2. The summed E-state index contributed by atoms with van der Waals surface area (Å²) in [5, 5.41) is 15.6. The molecule has 20 heteroatoms. The van der Waals surface area contributed by atoms with E-state index in [9.17, 15) is 9.59 Å². The van der Waals surface area contributed by atoms with E-state index in [1.54, 1.807) is 46.9 Å². The largest absolute Gasteiger partial charge is 0.448 e. The lowest BCUT2D eigenvalue weighted by Crippen LogP contribution is -2.71. The smallest absolute Gasteiger partial charge is 0.431 e. The Hall–Kier alpha value is -10.6. The molecule has 1 saturated heterocycles. The standard InChI is InChI=1S/C72H57N9O8S3/c1-47-42-59(81-58(73-47)43-79(78-81)71(86)88-64(50-30-14-4-15-31-50)51-32-16-5-17-33-51)90-44-53-45-91-67-61(66(83)80(67)62(53)69(85)87-63(48-26-10-2-11-27-48)49-28-12-3-13-29-49)75-65(82)60(77-89-68(84)52-34-18-6-19-35-52)57-46-92-70(74-57)76-72(54-36-20-7-21-37-54,55-38-22-8-23-39-55)56-40-24-9-25-41-56/h2-43,46,61,63-64,67,78H,44-45H2,1H3,(H,74,76)(H,75,82)/t61-,67-/m1/s1. The van der Waals surface area contributed by atoms with Crippen molar-refractivity contribution >= 4 is 81.3 Å². The Labute approximate surface area is 542 Å². The van der Waals surface area contributed by atoms with Crippen LogP contribution in [-0.4, -0.2) is 84.1 Å². The SMILES string of the molecule is CC1=NC2=CN(C(=O)OC(c3ccccc3)c3ccccc3)NN2C(SCC2=C(C(=O)OC(c3ccccc3)c3ccccc3)N3C(=O)[C@@H](NC(=O)C(=NOC(=O)c4ccccc4)c4csc(NC(c5ccccc5)(c5ccccc5)c5ccccc5)n4)[C@H]3SC2)=C1. The first-order chi connectivity index (χ1) is 45.1. The Morgan fingerprint density at radius 2 is 1.15 bits per heavy atom. The first-order valence-corrected chi connectivity index (χ1v) is 32.3.